The van der Waals surface area contributed by atoms with E-state index in [0.29, 0.717) is 6.42 Å². The lowest BCUT2D eigenvalue weighted by Crippen LogP contribution is -2.37. The summed E-state index contributed by atoms with van der Waals surface area (Å²) in [5.41, 5.74) is 1.15. The van der Waals surface area contributed by atoms with Gasteiger partial charge in [0.05, 0.1) is 17.9 Å². The van der Waals surface area contributed by atoms with E-state index in [1.807, 2.05) is 24.2 Å². The van der Waals surface area contributed by atoms with Crippen LogP contribution in [0.1, 0.15) is 43.8 Å². The van der Waals surface area contributed by atoms with Crippen LogP contribution in [0, 0.1) is 11.8 Å². The Hall–Kier alpha value is -1.78. The number of carbonyl (C=O) groups is 2. The average Bonchev–Trinajstić information content (AvgIpc) is 3.20. The normalized spacial score (nSPS) is 29.0. The molecule has 3 atom stereocenters. The van der Waals surface area contributed by atoms with Crippen LogP contribution in [0.4, 0.5) is 0 Å². The van der Waals surface area contributed by atoms with E-state index in [4.69, 9.17) is 5.11 Å². The molecule has 2 heterocycles. The Balaban J connectivity index is 1.81. The van der Waals surface area contributed by atoms with Gasteiger partial charge in [0.15, 0.2) is 0 Å². The third kappa shape index (κ3) is 2.69. The summed E-state index contributed by atoms with van der Waals surface area (Å²) in [5.74, 6) is -1.56. The van der Waals surface area contributed by atoms with Crippen LogP contribution in [-0.2, 0) is 16.6 Å². The first kappa shape index (κ1) is 14.2. The molecule has 1 aliphatic heterocycles. The zero-order valence-electron chi connectivity index (χ0n) is 12.4. The predicted octanol–water partition coefficient (Wildman–Crippen LogP) is 2.19. The number of likely N-dealkylation sites (tertiary alicyclic amines) is 1. The van der Waals surface area contributed by atoms with Crippen molar-refractivity contribution in [1.82, 2.24) is 9.47 Å². The highest BCUT2D eigenvalue weighted by Crippen LogP contribution is 2.42. The zero-order chi connectivity index (χ0) is 15.0. The van der Waals surface area contributed by atoms with Gasteiger partial charge >= 0.3 is 5.97 Å². The number of carboxylic acids is 1. The number of amides is 1. The van der Waals surface area contributed by atoms with Crippen molar-refractivity contribution in [1.29, 1.82) is 0 Å². The Morgan fingerprint density at radius 2 is 2.05 bits per heavy atom. The third-order valence-corrected chi connectivity index (χ3v) is 4.79. The van der Waals surface area contributed by atoms with Crippen LogP contribution in [-0.4, -0.2) is 33.0 Å². The average molecular weight is 290 g/mol. The van der Waals surface area contributed by atoms with Crippen LogP contribution in [0.25, 0.3) is 0 Å². The van der Waals surface area contributed by atoms with Crippen LogP contribution < -0.4 is 0 Å². The fourth-order valence-electron chi connectivity index (χ4n) is 3.45. The van der Waals surface area contributed by atoms with Crippen molar-refractivity contribution in [3.05, 3.63) is 24.0 Å². The minimum atomic E-state index is -0.835. The molecule has 1 N–H and O–H groups in total. The standard InChI is InChI=1S/C16H22N2O3/c1-17-8-5-7-13(17)14-6-3-2-4-9-18(14)15(19)11-10-12(11)16(20)21/h5,7-8,11-12,14H,2-4,6,9-10H2,1H3,(H,20,21). The summed E-state index contributed by atoms with van der Waals surface area (Å²) in [6, 6.07) is 4.16. The zero-order valence-corrected chi connectivity index (χ0v) is 12.4. The third-order valence-electron chi connectivity index (χ3n) is 4.79. The highest BCUT2D eigenvalue weighted by molar-refractivity contribution is 5.89. The Morgan fingerprint density at radius 3 is 2.67 bits per heavy atom. The van der Waals surface area contributed by atoms with Gasteiger partial charge in [-0.25, -0.2) is 0 Å². The molecule has 0 aromatic carbocycles. The maximum Gasteiger partial charge on any atom is 0.307 e. The summed E-state index contributed by atoms with van der Waals surface area (Å²) in [5, 5.41) is 9.05. The first-order valence-corrected chi connectivity index (χ1v) is 7.74. The van der Waals surface area contributed by atoms with E-state index in [2.05, 4.69) is 10.6 Å². The molecule has 3 rings (SSSR count). The molecule has 3 unspecified atom stereocenters. The van der Waals surface area contributed by atoms with Crippen molar-refractivity contribution in [2.75, 3.05) is 6.54 Å². The van der Waals surface area contributed by atoms with E-state index >= 15 is 0 Å². The van der Waals surface area contributed by atoms with Crippen molar-refractivity contribution >= 4 is 11.9 Å². The summed E-state index contributed by atoms with van der Waals surface area (Å²) in [6.07, 6.45) is 6.74. The van der Waals surface area contributed by atoms with Crippen LogP contribution in [0.2, 0.25) is 0 Å². The predicted molar refractivity (Wildman–Crippen MR) is 77.6 cm³/mol. The van der Waals surface area contributed by atoms with Gasteiger partial charge in [0, 0.05) is 25.5 Å². The lowest BCUT2D eigenvalue weighted by molar-refractivity contribution is -0.142. The second-order valence-electron chi connectivity index (χ2n) is 6.23. The molecule has 1 aromatic heterocycles. The molecule has 5 heteroatoms. The summed E-state index contributed by atoms with van der Waals surface area (Å²) >= 11 is 0. The van der Waals surface area contributed by atoms with Gasteiger partial charge < -0.3 is 14.6 Å². The number of rotatable bonds is 3. The highest BCUT2D eigenvalue weighted by Gasteiger charge is 2.50. The van der Waals surface area contributed by atoms with E-state index in [1.165, 1.54) is 0 Å². The number of hydrogen-bond donors (Lipinski definition) is 1. The van der Waals surface area contributed by atoms with E-state index in [0.717, 1.165) is 37.9 Å². The summed E-state index contributed by atoms with van der Waals surface area (Å²) < 4.78 is 2.07. The number of carbonyl (C=O) groups excluding carboxylic acids is 1. The molecular weight excluding hydrogens is 268 g/mol. The monoisotopic (exact) mass is 290 g/mol. The first-order chi connectivity index (χ1) is 10.1. The van der Waals surface area contributed by atoms with Crippen molar-refractivity contribution in [3.63, 3.8) is 0 Å². The molecule has 1 aromatic rings. The fourth-order valence-corrected chi connectivity index (χ4v) is 3.45. The highest BCUT2D eigenvalue weighted by atomic mass is 16.4. The minimum Gasteiger partial charge on any atom is -0.481 e. The largest absolute Gasteiger partial charge is 0.481 e. The van der Waals surface area contributed by atoms with Gasteiger partial charge in [-0.05, 0) is 31.4 Å². The molecule has 0 radical (unpaired) electrons. The van der Waals surface area contributed by atoms with Crippen molar-refractivity contribution in [2.45, 2.75) is 38.1 Å². The number of nitrogens with zero attached hydrogens (tertiary/aromatic N) is 2. The molecule has 21 heavy (non-hydrogen) atoms. The van der Waals surface area contributed by atoms with E-state index in [1.54, 1.807) is 0 Å². The minimum absolute atomic E-state index is 0.0375. The van der Waals surface area contributed by atoms with Crippen molar-refractivity contribution < 1.29 is 14.7 Å². The van der Waals surface area contributed by atoms with Crippen LogP contribution in [0.5, 0.6) is 0 Å². The molecule has 5 nitrogen and oxygen atoms in total. The van der Waals surface area contributed by atoms with E-state index in [-0.39, 0.29) is 17.9 Å². The van der Waals surface area contributed by atoms with Gasteiger partial charge in [-0.2, -0.15) is 0 Å². The number of aryl methyl sites for hydroxylation is 1. The molecule has 2 fully saturated rings. The lowest BCUT2D eigenvalue weighted by atomic mass is 10.1. The second-order valence-corrected chi connectivity index (χ2v) is 6.23. The summed E-state index contributed by atoms with van der Waals surface area (Å²) in [4.78, 5) is 25.7. The number of aromatic nitrogens is 1. The maximum atomic E-state index is 12.7. The molecule has 0 spiro atoms. The molecular formula is C16H22N2O3. The molecule has 114 valence electrons. The number of carboxylic acid groups (broad SMARTS) is 1. The van der Waals surface area contributed by atoms with Gasteiger partial charge in [-0.3, -0.25) is 9.59 Å². The Labute approximate surface area is 124 Å². The lowest BCUT2D eigenvalue weighted by Gasteiger charge is -2.31. The SMILES string of the molecule is Cn1cccc1C1CCCCCN1C(=O)C1CC1C(=O)O. The Bertz CT molecular complexity index is 551. The van der Waals surface area contributed by atoms with Crippen LogP contribution in [0.3, 0.4) is 0 Å². The van der Waals surface area contributed by atoms with E-state index in [9.17, 15) is 9.59 Å². The first-order valence-electron chi connectivity index (χ1n) is 7.74. The van der Waals surface area contributed by atoms with E-state index < -0.39 is 11.9 Å². The topological polar surface area (TPSA) is 62.5 Å². The summed E-state index contributed by atoms with van der Waals surface area (Å²) in [7, 11) is 2.00. The molecule has 1 saturated heterocycles. The smallest absolute Gasteiger partial charge is 0.307 e. The van der Waals surface area contributed by atoms with Crippen molar-refractivity contribution in [3.8, 4) is 0 Å². The Morgan fingerprint density at radius 1 is 1.24 bits per heavy atom. The van der Waals surface area contributed by atoms with Gasteiger partial charge in [0.1, 0.15) is 0 Å². The quantitative estimate of drug-likeness (QED) is 0.928. The maximum absolute atomic E-state index is 12.7. The number of hydrogen-bond acceptors (Lipinski definition) is 2. The molecule has 2 aliphatic rings. The van der Waals surface area contributed by atoms with Crippen LogP contribution >= 0.6 is 0 Å². The van der Waals surface area contributed by atoms with Gasteiger partial charge in [-0.15, -0.1) is 0 Å². The van der Waals surface area contributed by atoms with Crippen LogP contribution in [0.15, 0.2) is 18.3 Å². The molecule has 0 bridgehead atoms. The molecule has 1 amide bonds. The van der Waals surface area contributed by atoms with Gasteiger partial charge in [-0.1, -0.05) is 12.8 Å². The molecule has 1 saturated carbocycles. The van der Waals surface area contributed by atoms with Crippen molar-refractivity contribution in [2.24, 2.45) is 18.9 Å². The van der Waals surface area contributed by atoms with Gasteiger partial charge in [0.25, 0.3) is 0 Å². The Kier molecular flexibility index (Phi) is 3.74. The second kappa shape index (κ2) is 5.54. The molecule has 1 aliphatic carbocycles. The fraction of sp³-hybridized carbons (Fsp3) is 0.625. The van der Waals surface area contributed by atoms with Gasteiger partial charge in [0.2, 0.25) is 5.91 Å². The number of aliphatic carboxylic acids is 1. The summed E-state index contributed by atoms with van der Waals surface area (Å²) in [6.45, 7) is 0.748.